The largest absolute Gasteiger partial charge is 0.522 e. The first-order valence-corrected chi connectivity index (χ1v) is 5.51. The highest BCUT2D eigenvalue weighted by molar-refractivity contribution is 5.13. The predicted molar refractivity (Wildman–Crippen MR) is 57.0 cm³/mol. The van der Waals surface area contributed by atoms with Crippen molar-refractivity contribution >= 4 is 0 Å². The molecule has 1 aromatic heterocycles. The zero-order chi connectivity index (χ0) is 13.2. The Balaban J connectivity index is 1.74. The predicted octanol–water partition coefficient (Wildman–Crippen LogP) is 2.52. The van der Waals surface area contributed by atoms with E-state index in [1.54, 1.807) is 17.0 Å². The molecule has 0 aromatic carbocycles. The van der Waals surface area contributed by atoms with Crippen LogP contribution in [0.15, 0.2) is 25.0 Å². The summed E-state index contributed by atoms with van der Waals surface area (Å²) in [6.07, 6.45) is -0.214. The third-order valence-corrected chi connectivity index (χ3v) is 2.58. The van der Waals surface area contributed by atoms with E-state index in [4.69, 9.17) is 4.74 Å². The molecule has 0 atom stereocenters. The van der Waals surface area contributed by atoms with Crippen molar-refractivity contribution in [2.24, 2.45) is 0 Å². The summed E-state index contributed by atoms with van der Waals surface area (Å²) in [6, 6.07) is 0. The summed E-state index contributed by atoms with van der Waals surface area (Å²) in [4.78, 5) is 0. The van der Waals surface area contributed by atoms with Crippen LogP contribution in [0.4, 0.5) is 13.2 Å². The Morgan fingerprint density at radius 3 is 2.78 bits per heavy atom. The van der Waals surface area contributed by atoms with Crippen molar-refractivity contribution < 1.29 is 22.6 Å². The van der Waals surface area contributed by atoms with Crippen LogP contribution in [0.2, 0.25) is 0 Å². The van der Waals surface area contributed by atoms with Crippen LogP contribution in [0, 0.1) is 0 Å². The molecule has 0 amide bonds. The lowest BCUT2D eigenvalue weighted by molar-refractivity contribution is -0.355. The normalized spacial score (nSPS) is 23.5. The third kappa shape index (κ3) is 3.49. The average molecular weight is 262 g/mol. The summed E-state index contributed by atoms with van der Waals surface area (Å²) in [5.74, 6) is 0.548. The molecular formula is C11H13F3N2O2. The topological polar surface area (TPSA) is 36.3 Å². The first-order chi connectivity index (χ1) is 8.46. The van der Waals surface area contributed by atoms with Crippen LogP contribution in [-0.4, -0.2) is 28.4 Å². The average Bonchev–Trinajstić information content (AvgIpc) is 2.61. The Hall–Kier alpha value is -1.50. The van der Waals surface area contributed by atoms with Gasteiger partial charge in [-0.3, -0.25) is 9.42 Å². The Morgan fingerprint density at radius 1 is 1.44 bits per heavy atom. The van der Waals surface area contributed by atoms with E-state index in [1.807, 2.05) is 0 Å². The smallest absolute Gasteiger partial charge is 0.487 e. The minimum absolute atomic E-state index is 0.237. The maximum Gasteiger partial charge on any atom is 0.522 e. The molecule has 0 bridgehead atoms. The zero-order valence-electron chi connectivity index (χ0n) is 9.56. The molecule has 1 saturated carbocycles. The molecule has 100 valence electrons. The van der Waals surface area contributed by atoms with E-state index in [0.29, 0.717) is 12.3 Å². The summed E-state index contributed by atoms with van der Waals surface area (Å²) in [7, 11) is 0. The quantitative estimate of drug-likeness (QED) is 0.765. The second kappa shape index (κ2) is 5.01. The van der Waals surface area contributed by atoms with Crippen LogP contribution >= 0.6 is 0 Å². The lowest BCUT2D eigenvalue weighted by Crippen LogP contribution is -2.42. The van der Waals surface area contributed by atoms with E-state index < -0.39 is 12.5 Å². The summed E-state index contributed by atoms with van der Waals surface area (Å²) in [5.41, 5.74) is 0. The van der Waals surface area contributed by atoms with Gasteiger partial charge in [0.15, 0.2) is 5.75 Å². The van der Waals surface area contributed by atoms with Gasteiger partial charge >= 0.3 is 6.36 Å². The number of nitrogens with zero attached hydrogens (tertiary/aromatic N) is 2. The molecule has 7 heteroatoms. The van der Waals surface area contributed by atoms with Gasteiger partial charge in [0.25, 0.3) is 0 Å². The SMILES string of the molecule is C=CCn1cc(OC2CC(OC(F)(F)F)C2)cn1. The molecule has 1 fully saturated rings. The van der Waals surface area contributed by atoms with E-state index in [0.717, 1.165) is 0 Å². The van der Waals surface area contributed by atoms with E-state index in [1.165, 1.54) is 6.20 Å². The minimum Gasteiger partial charge on any atom is -0.487 e. The summed E-state index contributed by atoms with van der Waals surface area (Å²) < 4.78 is 46.6. The van der Waals surface area contributed by atoms with Gasteiger partial charge in [-0.2, -0.15) is 5.10 Å². The highest BCUT2D eigenvalue weighted by Crippen LogP contribution is 2.32. The van der Waals surface area contributed by atoms with Crippen molar-refractivity contribution in [1.29, 1.82) is 0 Å². The van der Waals surface area contributed by atoms with Crippen molar-refractivity contribution in [3.05, 3.63) is 25.0 Å². The number of allylic oxidation sites excluding steroid dienone is 1. The van der Waals surface area contributed by atoms with Crippen LogP contribution in [-0.2, 0) is 11.3 Å². The monoisotopic (exact) mass is 262 g/mol. The maximum absolute atomic E-state index is 11.9. The molecule has 1 heterocycles. The van der Waals surface area contributed by atoms with Gasteiger partial charge in [0, 0.05) is 12.8 Å². The van der Waals surface area contributed by atoms with E-state index in [-0.39, 0.29) is 18.9 Å². The second-order valence-corrected chi connectivity index (χ2v) is 4.08. The first kappa shape index (κ1) is 12.9. The van der Waals surface area contributed by atoms with Gasteiger partial charge in [-0.15, -0.1) is 19.8 Å². The van der Waals surface area contributed by atoms with Gasteiger partial charge in [-0.05, 0) is 0 Å². The highest BCUT2D eigenvalue weighted by atomic mass is 19.4. The summed E-state index contributed by atoms with van der Waals surface area (Å²) >= 11 is 0. The van der Waals surface area contributed by atoms with Gasteiger partial charge in [0.05, 0.1) is 25.0 Å². The molecule has 0 N–H and O–H groups in total. The Bertz CT molecular complexity index is 411. The van der Waals surface area contributed by atoms with Crippen LogP contribution in [0.5, 0.6) is 5.75 Å². The number of aromatic nitrogens is 2. The molecular weight excluding hydrogens is 249 g/mol. The molecule has 1 aliphatic carbocycles. The Labute approximate surface area is 102 Å². The van der Waals surface area contributed by atoms with Crippen LogP contribution in [0.25, 0.3) is 0 Å². The Morgan fingerprint density at radius 2 is 2.17 bits per heavy atom. The minimum atomic E-state index is -4.56. The van der Waals surface area contributed by atoms with E-state index in [2.05, 4.69) is 16.4 Å². The van der Waals surface area contributed by atoms with Crippen LogP contribution < -0.4 is 4.74 Å². The van der Waals surface area contributed by atoms with E-state index >= 15 is 0 Å². The van der Waals surface area contributed by atoms with Crippen molar-refractivity contribution in [1.82, 2.24) is 9.78 Å². The number of ether oxygens (including phenoxy) is 2. The number of rotatable bonds is 5. The number of hydrogen-bond donors (Lipinski definition) is 0. The van der Waals surface area contributed by atoms with Crippen LogP contribution in [0.1, 0.15) is 12.8 Å². The van der Waals surface area contributed by atoms with Crippen molar-refractivity contribution in [3.8, 4) is 5.75 Å². The number of alkyl halides is 3. The van der Waals surface area contributed by atoms with Gasteiger partial charge in [-0.25, -0.2) is 0 Å². The molecule has 0 spiro atoms. The Kier molecular flexibility index (Phi) is 3.60. The van der Waals surface area contributed by atoms with Crippen LogP contribution in [0.3, 0.4) is 0 Å². The van der Waals surface area contributed by atoms with Gasteiger partial charge < -0.3 is 4.74 Å². The molecule has 1 aliphatic rings. The van der Waals surface area contributed by atoms with Gasteiger partial charge in [0.1, 0.15) is 6.10 Å². The fraction of sp³-hybridized carbons (Fsp3) is 0.545. The zero-order valence-corrected chi connectivity index (χ0v) is 9.56. The van der Waals surface area contributed by atoms with Gasteiger partial charge in [0.2, 0.25) is 0 Å². The van der Waals surface area contributed by atoms with E-state index in [9.17, 15) is 13.2 Å². The second-order valence-electron chi connectivity index (χ2n) is 4.08. The van der Waals surface area contributed by atoms with Gasteiger partial charge in [-0.1, -0.05) is 6.08 Å². The molecule has 18 heavy (non-hydrogen) atoms. The first-order valence-electron chi connectivity index (χ1n) is 5.51. The molecule has 2 rings (SSSR count). The molecule has 0 aliphatic heterocycles. The summed E-state index contributed by atoms with van der Waals surface area (Å²) in [6.45, 7) is 4.14. The fourth-order valence-electron chi connectivity index (χ4n) is 1.73. The molecule has 0 saturated heterocycles. The van der Waals surface area contributed by atoms with Crippen molar-refractivity contribution in [2.75, 3.05) is 0 Å². The van der Waals surface area contributed by atoms with Crippen molar-refractivity contribution in [3.63, 3.8) is 0 Å². The lowest BCUT2D eigenvalue weighted by Gasteiger charge is -2.34. The maximum atomic E-state index is 11.9. The molecule has 4 nitrogen and oxygen atoms in total. The number of halogens is 3. The standard InChI is InChI=1S/C11H13F3N2O2/c1-2-3-16-7-10(6-15-16)17-8-4-9(5-8)18-11(12,13)14/h2,6-9H,1,3-5H2. The fourth-order valence-corrected chi connectivity index (χ4v) is 1.73. The molecule has 1 aromatic rings. The van der Waals surface area contributed by atoms with Crippen molar-refractivity contribution in [2.45, 2.75) is 38.0 Å². The third-order valence-electron chi connectivity index (χ3n) is 2.58. The number of hydrogen-bond acceptors (Lipinski definition) is 3. The molecule has 0 unspecified atom stereocenters. The lowest BCUT2D eigenvalue weighted by atomic mass is 9.92. The highest BCUT2D eigenvalue weighted by Gasteiger charge is 2.41. The molecule has 0 radical (unpaired) electrons. The summed E-state index contributed by atoms with van der Waals surface area (Å²) in [5, 5.41) is 4.00.